The summed E-state index contributed by atoms with van der Waals surface area (Å²) < 4.78 is 5.14. The molecule has 3 nitrogen and oxygen atoms in total. The Bertz CT molecular complexity index is 285. The summed E-state index contributed by atoms with van der Waals surface area (Å²) in [6, 6.07) is 0.298. The summed E-state index contributed by atoms with van der Waals surface area (Å²) in [4.78, 5) is 2.37. The molecule has 0 bridgehead atoms. The van der Waals surface area contributed by atoms with Gasteiger partial charge in [-0.2, -0.15) is 0 Å². The molecule has 0 aromatic rings. The molecule has 0 amide bonds. The Balaban J connectivity index is 1.81. The predicted octanol–water partition coefficient (Wildman–Crippen LogP) is 2.41. The lowest BCUT2D eigenvalue weighted by atomic mass is 9.75. The molecule has 0 aromatic heterocycles. The van der Waals surface area contributed by atoms with Crippen molar-refractivity contribution < 1.29 is 4.74 Å². The SMILES string of the molecule is COCC(C)NC(=S)N1CCC2CCCCC2C1. The monoisotopic (exact) mass is 270 g/mol. The molecule has 2 fully saturated rings. The van der Waals surface area contributed by atoms with Crippen molar-refractivity contribution in [2.24, 2.45) is 11.8 Å². The second-order valence-electron chi connectivity index (χ2n) is 5.85. The van der Waals surface area contributed by atoms with Gasteiger partial charge in [-0.05, 0) is 43.8 Å². The predicted molar refractivity (Wildman–Crippen MR) is 78.7 cm³/mol. The minimum Gasteiger partial charge on any atom is -0.383 e. The van der Waals surface area contributed by atoms with E-state index >= 15 is 0 Å². The van der Waals surface area contributed by atoms with Crippen LogP contribution < -0.4 is 5.32 Å². The maximum atomic E-state index is 5.52. The van der Waals surface area contributed by atoms with Crippen LogP contribution in [0.3, 0.4) is 0 Å². The van der Waals surface area contributed by atoms with Crippen LogP contribution in [0.15, 0.2) is 0 Å². The summed E-state index contributed by atoms with van der Waals surface area (Å²) in [5.41, 5.74) is 0. The highest BCUT2D eigenvalue weighted by Gasteiger charge is 2.31. The third kappa shape index (κ3) is 3.58. The smallest absolute Gasteiger partial charge is 0.169 e. The van der Waals surface area contributed by atoms with E-state index in [1.165, 1.54) is 32.1 Å². The first kappa shape index (κ1) is 14.1. The van der Waals surface area contributed by atoms with Crippen molar-refractivity contribution in [1.82, 2.24) is 10.2 Å². The molecule has 2 aliphatic rings. The van der Waals surface area contributed by atoms with Gasteiger partial charge in [0.2, 0.25) is 0 Å². The van der Waals surface area contributed by atoms with Gasteiger partial charge in [-0.15, -0.1) is 0 Å². The van der Waals surface area contributed by atoms with Crippen molar-refractivity contribution in [1.29, 1.82) is 0 Å². The topological polar surface area (TPSA) is 24.5 Å². The lowest BCUT2D eigenvalue weighted by Gasteiger charge is -2.42. The van der Waals surface area contributed by atoms with Crippen molar-refractivity contribution in [3.63, 3.8) is 0 Å². The Hall–Kier alpha value is -0.350. The highest BCUT2D eigenvalue weighted by molar-refractivity contribution is 7.80. The number of rotatable bonds is 3. The van der Waals surface area contributed by atoms with Crippen LogP contribution in [0.5, 0.6) is 0 Å². The van der Waals surface area contributed by atoms with E-state index in [2.05, 4.69) is 17.1 Å². The molecule has 1 saturated heterocycles. The number of fused-ring (bicyclic) bond motifs is 1. The van der Waals surface area contributed by atoms with Crippen molar-refractivity contribution in [3.05, 3.63) is 0 Å². The molecule has 1 aliphatic heterocycles. The number of nitrogens with zero attached hydrogens (tertiary/aromatic N) is 1. The Labute approximate surface area is 116 Å². The van der Waals surface area contributed by atoms with Gasteiger partial charge in [0, 0.05) is 26.2 Å². The van der Waals surface area contributed by atoms with E-state index in [9.17, 15) is 0 Å². The van der Waals surface area contributed by atoms with Crippen LogP contribution in [-0.4, -0.2) is 42.9 Å². The number of likely N-dealkylation sites (tertiary alicyclic amines) is 1. The fourth-order valence-corrected chi connectivity index (χ4v) is 3.75. The van der Waals surface area contributed by atoms with Crippen molar-refractivity contribution >= 4 is 17.3 Å². The van der Waals surface area contributed by atoms with Crippen molar-refractivity contribution in [2.75, 3.05) is 26.8 Å². The third-order valence-electron chi connectivity index (χ3n) is 4.36. The van der Waals surface area contributed by atoms with Crippen LogP contribution >= 0.6 is 12.2 Å². The molecule has 1 N–H and O–H groups in total. The first-order valence-corrected chi connectivity index (χ1v) is 7.66. The van der Waals surface area contributed by atoms with Gasteiger partial charge in [0.15, 0.2) is 5.11 Å². The molecule has 3 atom stereocenters. The molecule has 2 rings (SSSR count). The number of hydrogen-bond donors (Lipinski definition) is 1. The van der Waals surface area contributed by atoms with Crippen molar-refractivity contribution in [2.45, 2.75) is 45.1 Å². The molecule has 0 spiro atoms. The van der Waals surface area contributed by atoms with E-state index < -0.39 is 0 Å². The second kappa shape index (κ2) is 6.71. The molecule has 1 saturated carbocycles. The molecule has 1 heterocycles. The third-order valence-corrected chi connectivity index (χ3v) is 4.74. The Kier molecular flexibility index (Phi) is 5.25. The minimum absolute atomic E-state index is 0.298. The van der Waals surface area contributed by atoms with Gasteiger partial charge in [-0.1, -0.05) is 19.3 Å². The zero-order valence-corrected chi connectivity index (χ0v) is 12.5. The van der Waals surface area contributed by atoms with Gasteiger partial charge < -0.3 is 15.0 Å². The standard InChI is InChI=1S/C14H26N2OS/c1-11(10-17-2)15-14(18)16-8-7-12-5-3-4-6-13(12)9-16/h11-13H,3-10H2,1-2H3,(H,15,18). The lowest BCUT2D eigenvalue weighted by molar-refractivity contribution is 0.127. The number of hydrogen-bond acceptors (Lipinski definition) is 2. The zero-order valence-electron chi connectivity index (χ0n) is 11.7. The molecular formula is C14H26N2OS. The first-order valence-electron chi connectivity index (χ1n) is 7.25. The molecule has 0 radical (unpaired) electrons. The number of piperidine rings is 1. The molecular weight excluding hydrogens is 244 g/mol. The maximum Gasteiger partial charge on any atom is 0.169 e. The summed E-state index contributed by atoms with van der Waals surface area (Å²) in [5, 5.41) is 4.30. The van der Waals surface area contributed by atoms with Gasteiger partial charge in [-0.3, -0.25) is 0 Å². The molecule has 0 aromatic carbocycles. The molecule has 3 unspecified atom stereocenters. The molecule has 1 aliphatic carbocycles. The van der Waals surface area contributed by atoms with Gasteiger partial charge in [0.1, 0.15) is 0 Å². The minimum atomic E-state index is 0.298. The quantitative estimate of drug-likeness (QED) is 0.796. The van der Waals surface area contributed by atoms with E-state index in [1.54, 1.807) is 7.11 Å². The van der Waals surface area contributed by atoms with Crippen LogP contribution in [0, 0.1) is 11.8 Å². The number of ether oxygens (including phenoxy) is 1. The van der Waals surface area contributed by atoms with Gasteiger partial charge in [0.05, 0.1) is 6.61 Å². The van der Waals surface area contributed by atoms with Gasteiger partial charge >= 0.3 is 0 Å². The summed E-state index contributed by atoms with van der Waals surface area (Å²) >= 11 is 5.52. The Morgan fingerprint density at radius 3 is 2.78 bits per heavy atom. The Morgan fingerprint density at radius 1 is 1.33 bits per heavy atom. The average molecular weight is 270 g/mol. The number of nitrogens with one attached hydrogen (secondary N) is 1. The summed E-state index contributed by atoms with van der Waals surface area (Å²) in [7, 11) is 1.73. The van der Waals surface area contributed by atoms with Crippen LogP contribution in [0.25, 0.3) is 0 Å². The summed E-state index contributed by atoms with van der Waals surface area (Å²) in [6.45, 7) is 5.12. The first-order chi connectivity index (χ1) is 8.70. The number of thiocarbonyl (C=S) groups is 1. The highest BCUT2D eigenvalue weighted by atomic mass is 32.1. The second-order valence-corrected chi connectivity index (χ2v) is 6.23. The molecule has 4 heteroatoms. The fraction of sp³-hybridized carbons (Fsp3) is 0.929. The van der Waals surface area contributed by atoms with Gasteiger partial charge in [0.25, 0.3) is 0 Å². The van der Waals surface area contributed by atoms with E-state index in [-0.39, 0.29) is 0 Å². The molecule has 104 valence electrons. The van der Waals surface area contributed by atoms with Crippen LogP contribution in [0.4, 0.5) is 0 Å². The van der Waals surface area contributed by atoms with E-state index in [0.29, 0.717) is 12.6 Å². The largest absolute Gasteiger partial charge is 0.383 e. The summed E-state index contributed by atoms with van der Waals surface area (Å²) in [5.74, 6) is 1.85. The van der Waals surface area contributed by atoms with Gasteiger partial charge in [-0.25, -0.2) is 0 Å². The maximum absolute atomic E-state index is 5.52. The van der Waals surface area contributed by atoms with Crippen molar-refractivity contribution in [3.8, 4) is 0 Å². The summed E-state index contributed by atoms with van der Waals surface area (Å²) in [6.07, 6.45) is 7.02. The molecule has 18 heavy (non-hydrogen) atoms. The van der Waals surface area contributed by atoms with Crippen LogP contribution in [0.1, 0.15) is 39.0 Å². The fourth-order valence-electron chi connectivity index (χ4n) is 3.38. The van der Waals surface area contributed by atoms with E-state index in [4.69, 9.17) is 17.0 Å². The van der Waals surface area contributed by atoms with E-state index in [0.717, 1.165) is 30.0 Å². The van der Waals surface area contributed by atoms with Crippen LogP contribution in [0.2, 0.25) is 0 Å². The normalized spacial score (nSPS) is 29.6. The average Bonchev–Trinajstić information content (AvgIpc) is 2.38. The number of methoxy groups -OCH3 is 1. The zero-order chi connectivity index (χ0) is 13.0. The highest BCUT2D eigenvalue weighted by Crippen LogP contribution is 2.35. The van der Waals surface area contributed by atoms with E-state index in [1.807, 2.05) is 0 Å². The van der Waals surface area contributed by atoms with Crippen LogP contribution in [-0.2, 0) is 4.74 Å². The Morgan fingerprint density at radius 2 is 2.06 bits per heavy atom. The lowest BCUT2D eigenvalue weighted by Crippen LogP contribution is -2.51.